The van der Waals surface area contributed by atoms with Crippen LogP contribution in [-0.2, 0) is 0 Å². The van der Waals surface area contributed by atoms with Gasteiger partial charge in [0.2, 0.25) is 0 Å². The van der Waals surface area contributed by atoms with Gasteiger partial charge in [-0.1, -0.05) is 27.7 Å². The molecule has 2 atom stereocenters. The van der Waals surface area contributed by atoms with E-state index < -0.39 is 11.6 Å². The van der Waals surface area contributed by atoms with Crippen LogP contribution in [0.25, 0.3) is 0 Å². The summed E-state index contributed by atoms with van der Waals surface area (Å²) in [6.45, 7) is 10.4. The van der Waals surface area contributed by atoms with Crippen LogP contribution < -0.4 is 10.2 Å². The molecule has 0 spiro atoms. The van der Waals surface area contributed by atoms with Crippen molar-refractivity contribution in [3.05, 3.63) is 29.8 Å². The first kappa shape index (κ1) is 15.2. The van der Waals surface area contributed by atoms with E-state index in [0.29, 0.717) is 23.9 Å². The van der Waals surface area contributed by atoms with E-state index in [1.54, 1.807) is 6.07 Å². The normalized spacial score (nSPS) is 23.7. The van der Waals surface area contributed by atoms with Crippen molar-refractivity contribution < 1.29 is 8.78 Å². The average molecular weight is 282 g/mol. The lowest BCUT2D eigenvalue weighted by molar-refractivity contribution is 0.295. The van der Waals surface area contributed by atoms with Crippen LogP contribution in [-0.4, -0.2) is 25.2 Å². The Morgan fingerprint density at radius 2 is 1.80 bits per heavy atom. The van der Waals surface area contributed by atoms with Crippen molar-refractivity contribution in [2.24, 2.45) is 11.8 Å². The molecule has 0 aromatic heterocycles. The fraction of sp³-hybridized carbons (Fsp3) is 0.625. The zero-order valence-corrected chi connectivity index (χ0v) is 12.7. The monoisotopic (exact) mass is 282 g/mol. The van der Waals surface area contributed by atoms with E-state index in [4.69, 9.17) is 0 Å². The average Bonchev–Trinajstić information content (AvgIpc) is 2.41. The second kappa shape index (κ2) is 6.08. The molecule has 1 aliphatic heterocycles. The lowest BCUT2D eigenvalue weighted by atomic mass is 9.93. The second-order valence-corrected chi connectivity index (χ2v) is 6.32. The Labute approximate surface area is 120 Å². The first-order chi connectivity index (χ1) is 9.40. The molecule has 1 aromatic rings. The molecule has 2 rings (SSSR count). The molecule has 1 saturated heterocycles. The number of anilines is 1. The van der Waals surface area contributed by atoms with Crippen LogP contribution in [0, 0.1) is 23.5 Å². The minimum Gasteiger partial charge on any atom is -0.365 e. The standard InChI is InChI=1S/C16H24F2N2/c1-10(2)15-9-20(16(8-19-15)11(3)4)12-5-6-13(17)14(18)7-12/h5-7,10-11,15-16,19H,8-9H2,1-4H3. The maximum Gasteiger partial charge on any atom is 0.160 e. The molecular weight excluding hydrogens is 258 g/mol. The predicted molar refractivity (Wildman–Crippen MR) is 79.0 cm³/mol. The summed E-state index contributed by atoms with van der Waals surface area (Å²) in [6, 6.07) is 4.88. The van der Waals surface area contributed by atoms with E-state index in [1.165, 1.54) is 12.1 Å². The van der Waals surface area contributed by atoms with Crippen LogP contribution in [0.4, 0.5) is 14.5 Å². The van der Waals surface area contributed by atoms with Crippen LogP contribution in [0.5, 0.6) is 0 Å². The number of piperazine rings is 1. The third-order valence-corrected chi connectivity index (χ3v) is 4.19. The summed E-state index contributed by atoms with van der Waals surface area (Å²) in [4.78, 5) is 2.22. The van der Waals surface area contributed by atoms with Gasteiger partial charge in [0.15, 0.2) is 11.6 Å². The van der Waals surface area contributed by atoms with E-state index >= 15 is 0 Å². The molecule has 2 unspecified atom stereocenters. The number of rotatable bonds is 3. The van der Waals surface area contributed by atoms with Crippen LogP contribution in [0.2, 0.25) is 0 Å². The Hall–Kier alpha value is -1.16. The molecule has 1 N–H and O–H groups in total. The molecule has 0 amide bonds. The van der Waals surface area contributed by atoms with Gasteiger partial charge >= 0.3 is 0 Å². The Balaban J connectivity index is 2.28. The number of benzene rings is 1. The highest BCUT2D eigenvalue weighted by molar-refractivity contribution is 5.49. The largest absolute Gasteiger partial charge is 0.365 e. The summed E-state index contributed by atoms with van der Waals surface area (Å²) in [6.07, 6.45) is 0. The smallest absolute Gasteiger partial charge is 0.160 e. The maximum atomic E-state index is 13.5. The lowest BCUT2D eigenvalue weighted by Crippen LogP contribution is -2.60. The molecule has 112 valence electrons. The molecule has 0 bridgehead atoms. The molecule has 1 aromatic carbocycles. The molecule has 1 aliphatic rings. The zero-order chi connectivity index (χ0) is 14.9. The van der Waals surface area contributed by atoms with Gasteiger partial charge in [-0.15, -0.1) is 0 Å². The van der Waals surface area contributed by atoms with E-state index in [9.17, 15) is 8.78 Å². The summed E-state index contributed by atoms with van der Waals surface area (Å²) in [5, 5.41) is 3.57. The molecule has 20 heavy (non-hydrogen) atoms. The van der Waals surface area contributed by atoms with E-state index in [0.717, 1.165) is 18.8 Å². The predicted octanol–water partition coefficient (Wildman–Crippen LogP) is 3.42. The minimum absolute atomic E-state index is 0.301. The summed E-state index contributed by atoms with van der Waals surface area (Å²) in [7, 11) is 0. The minimum atomic E-state index is -0.787. The van der Waals surface area contributed by atoms with Gasteiger partial charge in [-0.2, -0.15) is 0 Å². The Kier molecular flexibility index (Phi) is 4.63. The molecule has 0 saturated carbocycles. The third kappa shape index (κ3) is 3.11. The highest BCUT2D eigenvalue weighted by Gasteiger charge is 2.31. The first-order valence-electron chi connectivity index (χ1n) is 7.35. The SMILES string of the molecule is CC(C)C1CN(c2ccc(F)c(F)c2)C(C(C)C)CN1. The number of nitrogens with one attached hydrogen (secondary N) is 1. The molecule has 0 radical (unpaired) electrons. The molecule has 1 heterocycles. The Morgan fingerprint density at radius 3 is 2.35 bits per heavy atom. The van der Waals surface area contributed by atoms with Crippen LogP contribution in [0.3, 0.4) is 0 Å². The number of halogens is 2. The fourth-order valence-corrected chi connectivity index (χ4v) is 2.80. The summed E-state index contributed by atoms with van der Waals surface area (Å²) in [5.41, 5.74) is 0.773. The van der Waals surface area contributed by atoms with Crippen molar-refractivity contribution in [1.29, 1.82) is 0 Å². The van der Waals surface area contributed by atoms with Crippen molar-refractivity contribution in [1.82, 2.24) is 5.32 Å². The van der Waals surface area contributed by atoms with Gasteiger partial charge in [0.25, 0.3) is 0 Å². The van der Waals surface area contributed by atoms with Crippen LogP contribution in [0.15, 0.2) is 18.2 Å². The third-order valence-electron chi connectivity index (χ3n) is 4.19. The first-order valence-corrected chi connectivity index (χ1v) is 7.35. The Morgan fingerprint density at radius 1 is 1.10 bits per heavy atom. The van der Waals surface area contributed by atoms with Crippen molar-refractivity contribution in [2.45, 2.75) is 39.8 Å². The molecule has 1 fully saturated rings. The van der Waals surface area contributed by atoms with Crippen molar-refractivity contribution in [3.63, 3.8) is 0 Å². The maximum absolute atomic E-state index is 13.5. The quantitative estimate of drug-likeness (QED) is 0.914. The van der Waals surface area contributed by atoms with Crippen molar-refractivity contribution in [2.75, 3.05) is 18.0 Å². The van der Waals surface area contributed by atoms with Crippen molar-refractivity contribution in [3.8, 4) is 0 Å². The zero-order valence-electron chi connectivity index (χ0n) is 12.7. The van der Waals surface area contributed by atoms with Gasteiger partial charge in [0, 0.05) is 36.9 Å². The molecule has 2 nitrogen and oxygen atoms in total. The fourth-order valence-electron chi connectivity index (χ4n) is 2.80. The van der Waals surface area contributed by atoms with Gasteiger partial charge in [-0.25, -0.2) is 8.78 Å². The van der Waals surface area contributed by atoms with Gasteiger partial charge in [0.1, 0.15) is 0 Å². The Bertz CT molecular complexity index is 460. The highest BCUT2D eigenvalue weighted by atomic mass is 19.2. The topological polar surface area (TPSA) is 15.3 Å². The van der Waals surface area contributed by atoms with Crippen LogP contribution in [0.1, 0.15) is 27.7 Å². The van der Waals surface area contributed by atoms with Gasteiger partial charge in [0.05, 0.1) is 0 Å². The molecular formula is C16H24F2N2. The number of hydrogen-bond donors (Lipinski definition) is 1. The molecule has 0 aliphatic carbocycles. The van der Waals surface area contributed by atoms with E-state index in [2.05, 4.69) is 37.9 Å². The van der Waals surface area contributed by atoms with E-state index in [1.807, 2.05) is 0 Å². The second-order valence-electron chi connectivity index (χ2n) is 6.32. The van der Waals surface area contributed by atoms with Crippen LogP contribution >= 0.6 is 0 Å². The van der Waals surface area contributed by atoms with E-state index in [-0.39, 0.29) is 0 Å². The van der Waals surface area contributed by atoms with Gasteiger partial charge in [-0.05, 0) is 24.0 Å². The lowest BCUT2D eigenvalue weighted by Gasteiger charge is -2.45. The summed E-state index contributed by atoms with van der Waals surface area (Å²) >= 11 is 0. The number of nitrogens with zero attached hydrogens (tertiary/aromatic N) is 1. The van der Waals surface area contributed by atoms with Crippen molar-refractivity contribution >= 4 is 5.69 Å². The summed E-state index contributed by atoms with van der Waals surface area (Å²) < 4.78 is 26.6. The van der Waals surface area contributed by atoms with Gasteiger partial charge < -0.3 is 10.2 Å². The summed E-state index contributed by atoms with van der Waals surface area (Å²) in [5.74, 6) is -0.602. The highest BCUT2D eigenvalue weighted by Crippen LogP contribution is 2.26. The number of hydrogen-bond acceptors (Lipinski definition) is 2. The van der Waals surface area contributed by atoms with Gasteiger partial charge in [-0.3, -0.25) is 0 Å². The molecule has 4 heteroatoms.